The van der Waals surface area contributed by atoms with Gasteiger partial charge in [-0.25, -0.2) is 4.79 Å². The Morgan fingerprint density at radius 3 is 2.59 bits per heavy atom. The smallest absolute Gasteiger partial charge is 0.339 e. The molecule has 1 N–H and O–H groups in total. The number of nitrogens with zero attached hydrogens (tertiary/aromatic N) is 1. The van der Waals surface area contributed by atoms with Crippen molar-refractivity contribution < 1.29 is 19.1 Å². The van der Waals surface area contributed by atoms with E-state index in [4.69, 9.17) is 4.74 Å². The van der Waals surface area contributed by atoms with Gasteiger partial charge in [-0.2, -0.15) is 0 Å². The number of methoxy groups -OCH3 is 1. The van der Waals surface area contributed by atoms with Gasteiger partial charge in [-0.3, -0.25) is 9.59 Å². The molecule has 27 heavy (non-hydrogen) atoms. The monoisotopic (exact) mass is 366 g/mol. The minimum absolute atomic E-state index is 0.0719. The summed E-state index contributed by atoms with van der Waals surface area (Å²) in [6, 6.07) is 14.4. The molecule has 140 valence electrons. The molecular formula is C21H22N2O4. The molecular weight excluding hydrogens is 344 g/mol. The summed E-state index contributed by atoms with van der Waals surface area (Å²) in [7, 11) is 1.29. The van der Waals surface area contributed by atoms with Gasteiger partial charge in [-0.05, 0) is 30.2 Å². The standard InChI is InChI=1S/C21H22N2O4/c1-3-14-8-4-7-11-18(14)23-13-15(12-19(23)24)20(25)22-17-10-6-5-9-16(17)21(26)27-2/h4-11,15H,3,12-13H2,1-2H3,(H,22,25). The fourth-order valence-electron chi connectivity index (χ4n) is 3.30. The predicted octanol–water partition coefficient (Wildman–Crippen LogP) is 3.03. The van der Waals surface area contributed by atoms with Gasteiger partial charge in [-0.15, -0.1) is 0 Å². The predicted molar refractivity (Wildman–Crippen MR) is 103 cm³/mol. The normalized spacial score (nSPS) is 16.3. The second-order valence-corrected chi connectivity index (χ2v) is 6.41. The first-order valence-electron chi connectivity index (χ1n) is 8.91. The van der Waals surface area contributed by atoms with Crippen LogP contribution < -0.4 is 10.2 Å². The Hall–Kier alpha value is -3.15. The van der Waals surface area contributed by atoms with Gasteiger partial charge in [0.2, 0.25) is 11.8 Å². The zero-order valence-corrected chi connectivity index (χ0v) is 15.4. The molecule has 1 saturated heterocycles. The molecule has 1 aliphatic rings. The maximum absolute atomic E-state index is 12.7. The highest BCUT2D eigenvalue weighted by Gasteiger charge is 2.36. The van der Waals surface area contributed by atoms with Crippen LogP contribution in [0, 0.1) is 5.92 Å². The lowest BCUT2D eigenvalue weighted by Gasteiger charge is -2.20. The van der Waals surface area contributed by atoms with Crippen molar-refractivity contribution in [3.8, 4) is 0 Å². The Morgan fingerprint density at radius 1 is 1.15 bits per heavy atom. The Labute approximate surface area is 158 Å². The molecule has 6 nitrogen and oxygen atoms in total. The lowest BCUT2D eigenvalue weighted by atomic mass is 10.1. The molecule has 2 aromatic carbocycles. The average Bonchev–Trinajstić information content (AvgIpc) is 3.09. The molecule has 0 aromatic heterocycles. The second-order valence-electron chi connectivity index (χ2n) is 6.41. The first-order valence-corrected chi connectivity index (χ1v) is 8.91. The van der Waals surface area contributed by atoms with Gasteiger partial charge in [0.1, 0.15) is 0 Å². The minimum atomic E-state index is -0.521. The molecule has 0 saturated carbocycles. The van der Waals surface area contributed by atoms with Crippen LogP contribution >= 0.6 is 0 Å². The van der Waals surface area contributed by atoms with E-state index in [0.29, 0.717) is 12.2 Å². The summed E-state index contributed by atoms with van der Waals surface area (Å²) in [5.41, 5.74) is 2.60. The van der Waals surface area contributed by atoms with Crippen molar-refractivity contribution in [3.05, 3.63) is 59.7 Å². The zero-order chi connectivity index (χ0) is 19.4. The van der Waals surface area contributed by atoms with Gasteiger partial charge < -0.3 is 15.0 Å². The number of rotatable bonds is 5. The molecule has 0 radical (unpaired) electrons. The Kier molecular flexibility index (Phi) is 5.54. The van der Waals surface area contributed by atoms with Crippen LogP contribution in [0.25, 0.3) is 0 Å². The molecule has 2 amide bonds. The van der Waals surface area contributed by atoms with E-state index in [0.717, 1.165) is 17.7 Å². The van der Waals surface area contributed by atoms with Crippen LogP contribution in [0.4, 0.5) is 11.4 Å². The minimum Gasteiger partial charge on any atom is -0.465 e. The largest absolute Gasteiger partial charge is 0.465 e. The van der Waals surface area contributed by atoms with E-state index < -0.39 is 11.9 Å². The van der Waals surface area contributed by atoms with Gasteiger partial charge in [-0.1, -0.05) is 37.3 Å². The number of carbonyl (C=O) groups is 3. The third-order valence-corrected chi connectivity index (χ3v) is 4.75. The summed E-state index contributed by atoms with van der Waals surface area (Å²) in [4.78, 5) is 38.8. The molecule has 0 aliphatic carbocycles. The number of ether oxygens (including phenoxy) is 1. The third-order valence-electron chi connectivity index (χ3n) is 4.75. The van der Waals surface area contributed by atoms with Crippen LogP contribution in [0.3, 0.4) is 0 Å². The summed E-state index contributed by atoms with van der Waals surface area (Å²) in [5.74, 6) is -1.35. The van der Waals surface area contributed by atoms with E-state index in [1.54, 1.807) is 29.2 Å². The van der Waals surface area contributed by atoms with E-state index in [1.165, 1.54) is 7.11 Å². The topological polar surface area (TPSA) is 75.7 Å². The lowest BCUT2D eigenvalue weighted by Crippen LogP contribution is -2.29. The van der Waals surface area contributed by atoms with Crippen molar-refractivity contribution in [1.82, 2.24) is 0 Å². The number of esters is 1. The SMILES string of the molecule is CCc1ccccc1N1CC(C(=O)Nc2ccccc2C(=O)OC)CC1=O. The molecule has 0 spiro atoms. The van der Waals surface area contributed by atoms with Crippen molar-refractivity contribution >= 4 is 29.2 Å². The number of carbonyl (C=O) groups excluding carboxylic acids is 3. The first-order chi connectivity index (χ1) is 13.0. The number of para-hydroxylation sites is 2. The van der Waals surface area contributed by atoms with E-state index in [2.05, 4.69) is 5.32 Å². The number of nitrogens with one attached hydrogen (secondary N) is 1. The van der Waals surface area contributed by atoms with Gasteiger partial charge in [0, 0.05) is 18.7 Å². The van der Waals surface area contributed by atoms with Crippen LogP contribution in [0.1, 0.15) is 29.3 Å². The quantitative estimate of drug-likeness (QED) is 0.826. The van der Waals surface area contributed by atoms with E-state index >= 15 is 0 Å². The maximum atomic E-state index is 12.7. The molecule has 2 aromatic rings. The van der Waals surface area contributed by atoms with Crippen molar-refractivity contribution in [2.45, 2.75) is 19.8 Å². The van der Waals surface area contributed by atoms with Crippen LogP contribution in [0.15, 0.2) is 48.5 Å². The Morgan fingerprint density at radius 2 is 1.85 bits per heavy atom. The molecule has 1 unspecified atom stereocenters. The van der Waals surface area contributed by atoms with Crippen molar-refractivity contribution in [1.29, 1.82) is 0 Å². The number of amides is 2. The van der Waals surface area contributed by atoms with Gasteiger partial charge in [0.15, 0.2) is 0 Å². The summed E-state index contributed by atoms with van der Waals surface area (Å²) in [6.45, 7) is 2.36. The molecule has 1 aliphatic heterocycles. The molecule has 1 fully saturated rings. The summed E-state index contributed by atoms with van der Waals surface area (Å²) < 4.78 is 4.75. The van der Waals surface area contributed by atoms with E-state index in [1.807, 2.05) is 31.2 Å². The Balaban J connectivity index is 1.76. The van der Waals surface area contributed by atoms with Crippen LogP contribution in [-0.4, -0.2) is 31.4 Å². The van der Waals surface area contributed by atoms with Gasteiger partial charge in [0.25, 0.3) is 0 Å². The summed E-state index contributed by atoms with van der Waals surface area (Å²) in [6.07, 6.45) is 0.952. The fourth-order valence-corrected chi connectivity index (χ4v) is 3.30. The third kappa shape index (κ3) is 3.84. The van der Waals surface area contributed by atoms with Crippen LogP contribution in [0.5, 0.6) is 0 Å². The molecule has 6 heteroatoms. The fraction of sp³-hybridized carbons (Fsp3) is 0.286. The van der Waals surface area contributed by atoms with Crippen LogP contribution in [-0.2, 0) is 20.7 Å². The highest BCUT2D eigenvalue weighted by molar-refractivity contribution is 6.06. The number of anilines is 2. The molecule has 1 heterocycles. The summed E-state index contributed by atoms with van der Waals surface area (Å²) in [5, 5.41) is 2.77. The summed E-state index contributed by atoms with van der Waals surface area (Å²) >= 11 is 0. The highest BCUT2D eigenvalue weighted by atomic mass is 16.5. The number of aryl methyl sites for hydroxylation is 1. The van der Waals surface area contributed by atoms with E-state index in [9.17, 15) is 14.4 Å². The van der Waals surface area contributed by atoms with Gasteiger partial charge in [0.05, 0.1) is 24.3 Å². The number of benzene rings is 2. The highest BCUT2D eigenvalue weighted by Crippen LogP contribution is 2.29. The Bertz CT molecular complexity index is 878. The maximum Gasteiger partial charge on any atom is 0.339 e. The van der Waals surface area contributed by atoms with E-state index in [-0.39, 0.29) is 23.8 Å². The number of hydrogen-bond donors (Lipinski definition) is 1. The second kappa shape index (κ2) is 8.03. The number of hydrogen-bond acceptors (Lipinski definition) is 4. The first kappa shape index (κ1) is 18.6. The zero-order valence-electron chi connectivity index (χ0n) is 15.4. The van der Waals surface area contributed by atoms with Crippen molar-refractivity contribution in [2.24, 2.45) is 5.92 Å². The lowest BCUT2D eigenvalue weighted by molar-refractivity contribution is -0.122. The molecule has 0 bridgehead atoms. The van der Waals surface area contributed by atoms with Crippen LogP contribution in [0.2, 0.25) is 0 Å². The average molecular weight is 366 g/mol. The molecule has 3 rings (SSSR count). The van der Waals surface area contributed by atoms with Gasteiger partial charge >= 0.3 is 5.97 Å². The van der Waals surface area contributed by atoms with Crippen molar-refractivity contribution in [2.75, 3.05) is 23.9 Å². The molecule has 1 atom stereocenters. The van der Waals surface area contributed by atoms with Crippen molar-refractivity contribution in [3.63, 3.8) is 0 Å².